The van der Waals surface area contributed by atoms with Crippen molar-refractivity contribution in [3.8, 4) is 0 Å². The minimum Gasteiger partial charge on any atom is -0.393 e. The maximum absolute atomic E-state index is 9.37. The van der Waals surface area contributed by atoms with E-state index in [0.29, 0.717) is 11.8 Å². The highest BCUT2D eigenvalue weighted by atomic mass is 79.9. The number of benzene rings is 1. The van der Waals surface area contributed by atoms with E-state index in [2.05, 4.69) is 40.2 Å². The fraction of sp³-hybridized carbons (Fsp3) is 0.455. The zero-order chi connectivity index (χ0) is 9.42. The first-order valence-electron chi connectivity index (χ1n) is 4.62. The van der Waals surface area contributed by atoms with Gasteiger partial charge in [0.25, 0.3) is 0 Å². The molecule has 0 aromatic heterocycles. The van der Waals surface area contributed by atoms with Gasteiger partial charge in [0.1, 0.15) is 0 Å². The van der Waals surface area contributed by atoms with E-state index < -0.39 is 0 Å². The first kappa shape index (κ1) is 9.22. The number of hydrogen-bond donors (Lipinski definition) is 1. The van der Waals surface area contributed by atoms with Crippen LogP contribution in [0, 0.1) is 5.92 Å². The lowest BCUT2D eigenvalue weighted by atomic mass is 10.1. The van der Waals surface area contributed by atoms with Crippen LogP contribution in [0.3, 0.4) is 0 Å². The molecule has 1 fully saturated rings. The van der Waals surface area contributed by atoms with Crippen LogP contribution in [0.5, 0.6) is 0 Å². The first-order valence-corrected chi connectivity index (χ1v) is 5.41. The molecule has 1 aromatic rings. The Bertz CT molecular complexity index is 291. The van der Waals surface area contributed by atoms with Crippen LogP contribution in [0.15, 0.2) is 28.7 Å². The summed E-state index contributed by atoms with van der Waals surface area (Å²) in [5, 5.41) is 9.37. The summed E-state index contributed by atoms with van der Waals surface area (Å²) < 4.78 is 1.12. The number of halogens is 1. The molecular weight excluding hydrogens is 228 g/mol. The molecule has 3 unspecified atom stereocenters. The summed E-state index contributed by atoms with van der Waals surface area (Å²) >= 11 is 3.41. The fourth-order valence-electron chi connectivity index (χ4n) is 1.84. The van der Waals surface area contributed by atoms with Crippen molar-refractivity contribution in [3.63, 3.8) is 0 Å². The molecule has 1 aliphatic rings. The van der Waals surface area contributed by atoms with Gasteiger partial charge >= 0.3 is 0 Å². The zero-order valence-electron chi connectivity index (χ0n) is 7.57. The van der Waals surface area contributed by atoms with Gasteiger partial charge in [0.15, 0.2) is 0 Å². The van der Waals surface area contributed by atoms with E-state index in [1.54, 1.807) is 0 Å². The Kier molecular flexibility index (Phi) is 2.43. The molecule has 0 spiro atoms. The van der Waals surface area contributed by atoms with Crippen LogP contribution in [-0.2, 0) is 0 Å². The Morgan fingerprint density at radius 3 is 2.46 bits per heavy atom. The lowest BCUT2D eigenvalue weighted by molar-refractivity contribution is 0.169. The molecule has 0 radical (unpaired) electrons. The Morgan fingerprint density at radius 2 is 2.00 bits per heavy atom. The van der Waals surface area contributed by atoms with Crippen LogP contribution in [0.2, 0.25) is 0 Å². The van der Waals surface area contributed by atoms with Crippen LogP contribution in [0.1, 0.15) is 24.8 Å². The highest BCUT2D eigenvalue weighted by Gasteiger charge is 2.41. The van der Waals surface area contributed by atoms with Crippen molar-refractivity contribution in [1.82, 2.24) is 0 Å². The zero-order valence-corrected chi connectivity index (χ0v) is 9.16. The standard InChI is InChI=1S/C11H13BrO/c1-7(13)10-6-11(10)8-2-4-9(12)5-3-8/h2-5,7,10-11,13H,6H2,1H3. The molecule has 13 heavy (non-hydrogen) atoms. The molecule has 0 amide bonds. The van der Waals surface area contributed by atoms with E-state index in [0.717, 1.165) is 10.9 Å². The van der Waals surface area contributed by atoms with Gasteiger partial charge in [-0.15, -0.1) is 0 Å². The number of aliphatic hydroxyl groups is 1. The third kappa shape index (κ3) is 1.94. The molecule has 3 atom stereocenters. The summed E-state index contributed by atoms with van der Waals surface area (Å²) in [6, 6.07) is 8.40. The minimum atomic E-state index is -0.159. The quantitative estimate of drug-likeness (QED) is 0.843. The highest BCUT2D eigenvalue weighted by molar-refractivity contribution is 9.10. The monoisotopic (exact) mass is 240 g/mol. The van der Waals surface area contributed by atoms with Crippen LogP contribution in [0.25, 0.3) is 0 Å². The van der Waals surface area contributed by atoms with Gasteiger partial charge in [0.2, 0.25) is 0 Å². The van der Waals surface area contributed by atoms with Crippen LogP contribution in [-0.4, -0.2) is 11.2 Å². The van der Waals surface area contributed by atoms with E-state index in [4.69, 9.17) is 0 Å². The van der Waals surface area contributed by atoms with E-state index in [9.17, 15) is 5.11 Å². The molecule has 70 valence electrons. The van der Waals surface area contributed by atoms with E-state index in [1.807, 2.05) is 6.92 Å². The predicted octanol–water partition coefficient (Wildman–Crippen LogP) is 2.93. The topological polar surface area (TPSA) is 20.2 Å². The lowest BCUT2D eigenvalue weighted by Gasteiger charge is -2.02. The molecule has 0 saturated heterocycles. The Hall–Kier alpha value is -0.340. The summed E-state index contributed by atoms with van der Waals surface area (Å²) in [5.41, 5.74) is 1.36. The first-order chi connectivity index (χ1) is 6.18. The van der Waals surface area contributed by atoms with Crippen molar-refractivity contribution in [2.45, 2.75) is 25.4 Å². The molecule has 1 N–H and O–H groups in total. The molecule has 2 rings (SSSR count). The Balaban J connectivity index is 2.08. The van der Waals surface area contributed by atoms with E-state index >= 15 is 0 Å². The maximum Gasteiger partial charge on any atom is 0.0546 e. The second-order valence-electron chi connectivity index (χ2n) is 3.80. The van der Waals surface area contributed by atoms with Gasteiger partial charge in [0.05, 0.1) is 6.10 Å². The van der Waals surface area contributed by atoms with Gasteiger partial charge in [0, 0.05) is 4.47 Å². The normalized spacial score (nSPS) is 28.5. The molecule has 1 aromatic carbocycles. The summed E-state index contributed by atoms with van der Waals surface area (Å²) in [4.78, 5) is 0. The Labute approximate surface area is 86.9 Å². The average molecular weight is 241 g/mol. The predicted molar refractivity (Wildman–Crippen MR) is 56.7 cm³/mol. The smallest absolute Gasteiger partial charge is 0.0546 e. The van der Waals surface area contributed by atoms with Gasteiger partial charge in [-0.1, -0.05) is 28.1 Å². The summed E-state index contributed by atoms with van der Waals surface area (Å²) in [7, 11) is 0. The van der Waals surface area contributed by atoms with Crippen molar-refractivity contribution in [2.75, 3.05) is 0 Å². The van der Waals surface area contributed by atoms with Crippen molar-refractivity contribution in [2.24, 2.45) is 5.92 Å². The van der Waals surface area contributed by atoms with Gasteiger partial charge in [-0.25, -0.2) is 0 Å². The van der Waals surface area contributed by atoms with Crippen LogP contribution in [0.4, 0.5) is 0 Å². The van der Waals surface area contributed by atoms with Crippen molar-refractivity contribution in [3.05, 3.63) is 34.3 Å². The molecule has 0 bridgehead atoms. The number of aliphatic hydroxyl groups excluding tert-OH is 1. The third-order valence-corrected chi connectivity index (χ3v) is 3.29. The van der Waals surface area contributed by atoms with Gasteiger partial charge < -0.3 is 5.11 Å². The molecule has 0 aliphatic heterocycles. The van der Waals surface area contributed by atoms with Crippen LogP contribution >= 0.6 is 15.9 Å². The van der Waals surface area contributed by atoms with E-state index in [-0.39, 0.29) is 6.10 Å². The van der Waals surface area contributed by atoms with Crippen LogP contribution < -0.4 is 0 Å². The second-order valence-corrected chi connectivity index (χ2v) is 4.71. The van der Waals surface area contributed by atoms with Gasteiger partial charge in [-0.3, -0.25) is 0 Å². The molecular formula is C11H13BrO. The number of hydrogen-bond acceptors (Lipinski definition) is 1. The highest BCUT2D eigenvalue weighted by Crippen LogP contribution is 2.49. The van der Waals surface area contributed by atoms with E-state index in [1.165, 1.54) is 5.56 Å². The summed E-state index contributed by atoms with van der Waals surface area (Å²) in [6.45, 7) is 1.88. The summed E-state index contributed by atoms with van der Waals surface area (Å²) in [5.74, 6) is 1.08. The summed E-state index contributed by atoms with van der Waals surface area (Å²) in [6.07, 6.45) is 0.980. The van der Waals surface area contributed by atoms with Crippen molar-refractivity contribution < 1.29 is 5.11 Å². The minimum absolute atomic E-state index is 0.159. The van der Waals surface area contributed by atoms with Gasteiger partial charge in [-0.05, 0) is 42.9 Å². The lowest BCUT2D eigenvalue weighted by Crippen LogP contribution is -2.03. The molecule has 1 nitrogen and oxygen atoms in total. The Morgan fingerprint density at radius 1 is 1.38 bits per heavy atom. The number of rotatable bonds is 2. The van der Waals surface area contributed by atoms with Crippen molar-refractivity contribution in [1.29, 1.82) is 0 Å². The fourth-order valence-corrected chi connectivity index (χ4v) is 2.11. The molecule has 0 heterocycles. The maximum atomic E-state index is 9.37. The van der Waals surface area contributed by atoms with Crippen molar-refractivity contribution >= 4 is 15.9 Å². The second kappa shape index (κ2) is 3.43. The average Bonchev–Trinajstić information content (AvgIpc) is 2.85. The SMILES string of the molecule is CC(O)C1CC1c1ccc(Br)cc1. The molecule has 1 aliphatic carbocycles. The largest absolute Gasteiger partial charge is 0.393 e. The third-order valence-electron chi connectivity index (χ3n) is 2.76. The van der Waals surface area contributed by atoms with Gasteiger partial charge in [-0.2, -0.15) is 0 Å². The molecule has 1 saturated carbocycles. The molecule has 2 heteroatoms.